The highest BCUT2D eigenvalue weighted by Gasteiger charge is 2.36. The predicted octanol–water partition coefficient (Wildman–Crippen LogP) is 1.88. The molecule has 1 heterocycles. The monoisotopic (exact) mass is 240 g/mol. The molecule has 1 unspecified atom stereocenters. The average Bonchev–Trinajstić information content (AvgIpc) is 3.10. The molecule has 0 spiro atoms. The zero-order chi connectivity index (χ0) is 12.3. The van der Waals surface area contributed by atoms with Crippen LogP contribution < -0.4 is 5.32 Å². The first kappa shape index (κ1) is 13.3. The largest absolute Gasteiger partial charge is 0.383 e. The molecule has 1 N–H and O–H groups in total. The second-order valence-corrected chi connectivity index (χ2v) is 6.32. The van der Waals surface area contributed by atoms with Crippen LogP contribution in [0.25, 0.3) is 0 Å². The maximum absolute atomic E-state index is 5.23. The normalized spacial score (nSPS) is 28.6. The lowest BCUT2D eigenvalue weighted by atomic mass is 9.77. The number of piperidine rings is 1. The van der Waals surface area contributed by atoms with E-state index < -0.39 is 0 Å². The van der Waals surface area contributed by atoms with Crippen molar-refractivity contribution >= 4 is 0 Å². The first-order valence-electron chi connectivity index (χ1n) is 7.10. The summed E-state index contributed by atoms with van der Waals surface area (Å²) < 4.78 is 5.23. The Kier molecular flexibility index (Phi) is 4.45. The van der Waals surface area contributed by atoms with Gasteiger partial charge in [0.1, 0.15) is 0 Å². The summed E-state index contributed by atoms with van der Waals surface area (Å²) >= 11 is 0. The molecule has 3 heteroatoms. The predicted molar refractivity (Wildman–Crippen MR) is 71.3 cm³/mol. The maximum Gasteiger partial charge on any atom is 0.0589 e. The summed E-state index contributed by atoms with van der Waals surface area (Å²) in [6, 6.07) is 1.48. The molecule has 2 aliphatic rings. The third kappa shape index (κ3) is 3.67. The lowest BCUT2D eigenvalue weighted by molar-refractivity contribution is 0.0961. The molecule has 1 saturated carbocycles. The van der Waals surface area contributed by atoms with Gasteiger partial charge in [0.05, 0.1) is 6.61 Å². The Hall–Kier alpha value is -0.120. The minimum absolute atomic E-state index is 0.443. The highest BCUT2D eigenvalue weighted by molar-refractivity contribution is 4.93. The first-order valence-corrected chi connectivity index (χ1v) is 7.10. The van der Waals surface area contributed by atoms with E-state index in [-0.39, 0.29) is 0 Å². The van der Waals surface area contributed by atoms with E-state index in [0.717, 1.165) is 19.2 Å². The van der Waals surface area contributed by atoms with Gasteiger partial charge >= 0.3 is 0 Å². The summed E-state index contributed by atoms with van der Waals surface area (Å²) in [7, 11) is 1.80. The Morgan fingerprint density at radius 2 is 2.12 bits per heavy atom. The van der Waals surface area contributed by atoms with Crippen molar-refractivity contribution in [1.29, 1.82) is 0 Å². The van der Waals surface area contributed by atoms with Crippen molar-refractivity contribution in [1.82, 2.24) is 10.2 Å². The van der Waals surface area contributed by atoms with Crippen molar-refractivity contribution in [3.05, 3.63) is 0 Å². The number of nitrogens with one attached hydrogen (secondary N) is 1. The molecule has 1 atom stereocenters. The van der Waals surface area contributed by atoms with Crippen LogP contribution in [-0.2, 0) is 4.74 Å². The molecule has 100 valence electrons. The molecule has 1 aliphatic carbocycles. The molecule has 2 fully saturated rings. The molecule has 0 bridgehead atoms. The van der Waals surface area contributed by atoms with Gasteiger partial charge in [-0.3, -0.25) is 4.90 Å². The Morgan fingerprint density at radius 1 is 1.35 bits per heavy atom. The van der Waals surface area contributed by atoms with Crippen LogP contribution in [0.5, 0.6) is 0 Å². The Morgan fingerprint density at radius 3 is 2.71 bits per heavy atom. The van der Waals surface area contributed by atoms with Gasteiger partial charge in [0, 0.05) is 32.3 Å². The summed E-state index contributed by atoms with van der Waals surface area (Å²) in [4.78, 5) is 2.63. The van der Waals surface area contributed by atoms with Crippen LogP contribution in [0.2, 0.25) is 0 Å². The van der Waals surface area contributed by atoms with E-state index in [1.54, 1.807) is 7.11 Å². The fourth-order valence-electron chi connectivity index (χ4n) is 2.89. The maximum atomic E-state index is 5.23. The van der Waals surface area contributed by atoms with E-state index in [9.17, 15) is 0 Å². The smallest absolute Gasteiger partial charge is 0.0589 e. The summed E-state index contributed by atoms with van der Waals surface area (Å²) in [5.41, 5.74) is 0.443. The quantitative estimate of drug-likeness (QED) is 0.767. The van der Waals surface area contributed by atoms with Crippen LogP contribution in [0.15, 0.2) is 0 Å². The second kappa shape index (κ2) is 5.68. The van der Waals surface area contributed by atoms with Crippen LogP contribution in [0.4, 0.5) is 0 Å². The molecule has 1 aliphatic heterocycles. The van der Waals surface area contributed by atoms with Crippen LogP contribution in [0.3, 0.4) is 0 Å². The third-order valence-corrected chi connectivity index (χ3v) is 4.39. The van der Waals surface area contributed by atoms with Crippen LogP contribution in [-0.4, -0.2) is 50.3 Å². The van der Waals surface area contributed by atoms with E-state index in [2.05, 4.69) is 24.1 Å². The number of methoxy groups -OCH3 is 1. The summed E-state index contributed by atoms with van der Waals surface area (Å²) in [5.74, 6) is 0. The van der Waals surface area contributed by atoms with Gasteiger partial charge in [0.25, 0.3) is 0 Å². The topological polar surface area (TPSA) is 24.5 Å². The molecular formula is C14H28N2O. The van der Waals surface area contributed by atoms with Gasteiger partial charge in [-0.1, -0.05) is 13.8 Å². The van der Waals surface area contributed by atoms with Crippen molar-refractivity contribution in [2.45, 2.75) is 51.6 Å². The minimum Gasteiger partial charge on any atom is -0.383 e. The average molecular weight is 240 g/mol. The molecular weight excluding hydrogens is 212 g/mol. The van der Waals surface area contributed by atoms with Crippen molar-refractivity contribution in [2.75, 3.05) is 33.4 Å². The van der Waals surface area contributed by atoms with Crippen LogP contribution in [0, 0.1) is 5.41 Å². The first-order chi connectivity index (χ1) is 8.13. The Labute approximate surface area is 106 Å². The van der Waals surface area contributed by atoms with Gasteiger partial charge in [-0.2, -0.15) is 0 Å². The van der Waals surface area contributed by atoms with Crippen LogP contribution >= 0.6 is 0 Å². The zero-order valence-electron chi connectivity index (χ0n) is 11.7. The molecule has 2 rings (SSSR count). The highest BCUT2D eigenvalue weighted by atomic mass is 16.5. The molecule has 1 saturated heterocycles. The highest BCUT2D eigenvalue weighted by Crippen LogP contribution is 2.33. The van der Waals surface area contributed by atoms with Gasteiger partial charge in [0.15, 0.2) is 0 Å². The molecule has 3 nitrogen and oxygen atoms in total. The SMILES string of the molecule is COCCN(CC1NCCCC1(C)C)C1CC1. The number of rotatable bonds is 6. The fourth-order valence-corrected chi connectivity index (χ4v) is 2.89. The van der Waals surface area contributed by atoms with Gasteiger partial charge < -0.3 is 10.1 Å². The van der Waals surface area contributed by atoms with Gasteiger partial charge in [-0.25, -0.2) is 0 Å². The number of hydrogen-bond acceptors (Lipinski definition) is 3. The molecule has 0 aromatic rings. The number of ether oxygens (including phenoxy) is 1. The fraction of sp³-hybridized carbons (Fsp3) is 1.00. The van der Waals surface area contributed by atoms with E-state index in [0.29, 0.717) is 11.5 Å². The molecule has 0 aromatic heterocycles. The van der Waals surface area contributed by atoms with Crippen molar-refractivity contribution in [3.63, 3.8) is 0 Å². The summed E-state index contributed by atoms with van der Waals surface area (Å²) in [6.07, 6.45) is 5.45. The van der Waals surface area contributed by atoms with Gasteiger partial charge in [0.2, 0.25) is 0 Å². The Balaban J connectivity index is 1.87. The van der Waals surface area contributed by atoms with Crippen molar-refractivity contribution in [3.8, 4) is 0 Å². The van der Waals surface area contributed by atoms with Gasteiger partial charge in [-0.15, -0.1) is 0 Å². The molecule has 0 radical (unpaired) electrons. The third-order valence-electron chi connectivity index (χ3n) is 4.39. The summed E-state index contributed by atoms with van der Waals surface area (Å²) in [6.45, 7) is 9.16. The lowest BCUT2D eigenvalue weighted by Crippen LogP contribution is -2.53. The van der Waals surface area contributed by atoms with E-state index in [4.69, 9.17) is 4.74 Å². The molecule has 0 aromatic carbocycles. The van der Waals surface area contributed by atoms with Crippen LogP contribution in [0.1, 0.15) is 39.5 Å². The van der Waals surface area contributed by atoms with Crippen molar-refractivity contribution < 1.29 is 4.74 Å². The zero-order valence-corrected chi connectivity index (χ0v) is 11.7. The van der Waals surface area contributed by atoms with Crippen molar-refractivity contribution in [2.24, 2.45) is 5.41 Å². The summed E-state index contributed by atoms with van der Waals surface area (Å²) in [5, 5.41) is 3.72. The molecule has 17 heavy (non-hydrogen) atoms. The van der Waals surface area contributed by atoms with Gasteiger partial charge in [-0.05, 0) is 37.6 Å². The Bertz CT molecular complexity index is 238. The van der Waals surface area contributed by atoms with E-state index in [1.165, 1.54) is 38.8 Å². The number of nitrogens with zero attached hydrogens (tertiary/aromatic N) is 1. The lowest BCUT2D eigenvalue weighted by Gasteiger charge is -2.42. The number of hydrogen-bond donors (Lipinski definition) is 1. The standard InChI is InChI=1S/C14H28N2O/c1-14(2)7-4-8-15-13(14)11-16(9-10-17-3)12-5-6-12/h12-13,15H,4-11H2,1-3H3. The second-order valence-electron chi connectivity index (χ2n) is 6.32. The molecule has 0 amide bonds. The minimum atomic E-state index is 0.443. The van der Waals surface area contributed by atoms with E-state index >= 15 is 0 Å². The van der Waals surface area contributed by atoms with E-state index in [1.807, 2.05) is 0 Å².